The molecule has 0 saturated carbocycles. The van der Waals surface area contributed by atoms with Gasteiger partial charge < -0.3 is 24.1 Å². The molecular weight excluding hydrogens is 550 g/mol. The third kappa shape index (κ3) is 5.72. The lowest BCUT2D eigenvalue weighted by molar-refractivity contribution is 0.00347. The largest absolute Gasteiger partial charge is 0.456 e. The first kappa shape index (κ1) is 27.5. The van der Waals surface area contributed by atoms with Crippen molar-refractivity contribution in [1.82, 2.24) is 14.5 Å². The Morgan fingerprint density at radius 1 is 0.950 bits per heavy atom. The molecule has 4 atom stereocenters. The first-order chi connectivity index (χ1) is 19.3. The van der Waals surface area contributed by atoms with E-state index in [2.05, 4.69) is 43.0 Å². The van der Waals surface area contributed by atoms with Gasteiger partial charge in [-0.05, 0) is 36.0 Å². The average Bonchev–Trinajstić information content (AvgIpc) is 3.61. The van der Waals surface area contributed by atoms with Crippen molar-refractivity contribution in [3.05, 3.63) is 65.7 Å². The summed E-state index contributed by atoms with van der Waals surface area (Å²) in [5, 5.41) is 10.7. The first-order valence-electron chi connectivity index (χ1n) is 13.3. The molecule has 4 aromatic rings. The molecule has 0 spiro atoms. The molecule has 2 fully saturated rings. The quantitative estimate of drug-likeness (QED) is 0.278. The summed E-state index contributed by atoms with van der Waals surface area (Å²) < 4.78 is 25.8. The Balaban J connectivity index is 1.30. The van der Waals surface area contributed by atoms with Gasteiger partial charge in [0, 0.05) is 11.3 Å². The molecule has 0 unspecified atom stereocenters. The van der Waals surface area contributed by atoms with Crippen LogP contribution in [0.4, 0.5) is 0 Å². The van der Waals surface area contributed by atoms with Crippen molar-refractivity contribution in [2.75, 3.05) is 44.3 Å². The predicted octanol–water partition coefficient (Wildman–Crippen LogP) is 4.99. The van der Waals surface area contributed by atoms with E-state index in [1.54, 1.807) is 0 Å². The van der Waals surface area contributed by atoms with Crippen LogP contribution in [0.1, 0.15) is 0 Å². The van der Waals surface area contributed by atoms with Gasteiger partial charge in [-0.15, -0.1) is 0 Å². The molecule has 40 heavy (non-hydrogen) atoms. The molecule has 0 aliphatic carbocycles. The SMILES string of the molecule is CS(C)(C)CCOCn1c(O[C@@H]2CO[C@H]3[C@@H]2OC[C@H]3O)nc2nc(-c3ccc(-c4ccccc4)cc3)c(Cl)cc21. The smallest absolute Gasteiger partial charge is 0.301 e. The van der Waals surface area contributed by atoms with Crippen molar-refractivity contribution >= 4 is 32.8 Å². The van der Waals surface area contributed by atoms with Gasteiger partial charge in [0.25, 0.3) is 0 Å². The zero-order valence-electron chi connectivity index (χ0n) is 22.8. The third-order valence-electron chi connectivity index (χ3n) is 7.22. The summed E-state index contributed by atoms with van der Waals surface area (Å²) in [7, 11) is -0.687. The van der Waals surface area contributed by atoms with Crippen molar-refractivity contribution in [3.63, 3.8) is 0 Å². The molecule has 212 valence electrons. The lowest BCUT2D eigenvalue weighted by Gasteiger charge is -2.24. The zero-order chi connectivity index (χ0) is 27.9. The van der Waals surface area contributed by atoms with Crippen molar-refractivity contribution in [2.24, 2.45) is 0 Å². The van der Waals surface area contributed by atoms with Gasteiger partial charge in [0.05, 0.1) is 36.1 Å². The number of benzene rings is 2. The van der Waals surface area contributed by atoms with Crippen LogP contribution in [-0.4, -0.2) is 88.4 Å². The molecule has 0 radical (unpaired) electrons. The van der Waals surface area contributed by atoms with Crippen molar-refractivity contribution in [1.29, 1.82) is 0 Å². The summed E-state index contributed by atoms with van der Waals surface area (Å²) in [6, 6.07) is 20.6. The Kier molecular flexibility index (Phi) is 7.78. The van der Waals surface area contributed by atoms with E-state index in [-0.39, 0.29) is 19.4 Å². The number of ether oxygens (including phenoxy) is 4. The lowest BCUT2D eigenvalue weighted by atomic mass is 10.0. The summed E-state index contributed by atoms with van der Waals surface area (Å²) in [4.78, 5) is 9.60. The molecular formula is C30H34ClN3O5S. The molecule has 2 aliphatic rings. The third-order valence-corrected chi connectivity index (χ3v) is 8.90. The molecule has 8 nitrogen and oxygen atoms in total. The summed E-state index contributed by atoms with van der Waals surface area (Å²) in [5.74, 6) is 0.990. The topological polar surface area (TPSA) is 87.9 Å². The average molecular weight is 584 g/mol. The van der Waals surface area contributed by atoms with Crippen LogP contribution < -0.4 is 4.74 Å². The van der Waals surface area contributed by atoms with Crippen LogP contribution in [0, 0.1) is 0 Å². The van der Waals surface area contributed by atoms with Gasteiger partial charge >= 0.3 is 6.01 Å². The number of rotatable bonds is 9. The number of nitrogens with zero attached hydrogens (tertiary/aromatic N) is 3. The lowest BCUT2D eigenvalue weighted by Crippen LogP contribution is -2.35. The fraction of sp³-hybridized carbons (Fsp3) is 0.400. The normalized spacial score (nSPS) is 23.0. The molecule has 2 saturated heterocycles. The van der Waals surface area contributed by atoms with E-state index in [0.29, 0.717) is 35.6 Å². The Labute approximate surface area is 240 Å². The summed E-state index contributed by atoms with van der Waals surface area (Å²) in [6.45, 7) is 1.40. The Hall–Kier alpha value is -2.66. The summed E-state index contributed by atoms with van der Waals surface area (Å²) >= 11 is 6.81. The zero-order valence-corrected chi connectivity index (χ0v) is 24.4. The van der Waals surface area contributed by atoms with E-state index in [0.717, 1.165) is 28.0 Å². The second-order valence-electron chi connectivity index (χ2n) is 11.1. The number of aliphatic hydroxyl groups excluding tert-OH is 1. The van der Waals surface area contributed by atoms with Crippen LogP contribution >= 0.6 is 21.6 Å². The van der Waals surface area contributed by atoms with Gasteiger partial charge in [0.15, 0.2) is 11.8 Å². The highest BCUT2D eigenvalue weighted by Gasteiger charge is 2.49. The van der Waals surface area contributed by atoms with Gasteiger partial charge in [-0.3, -0.25) is 4.57 Å². The van der Waals surface area contributed by atoms with Crippen LogP contribution in [-0.2, 0) is 20.9 Å². The molecule has 0 bridgehead atoms. The summed E-state index contributed by atoms with van der Waals surface area (Å²) in [5.41, 5.74) is 5.04. The molecule has 6 rings (SSSR count). The number of halogens is 1. The molecule has 2 aromatic carbocycles. The van der Waals surface area contributed by atoms with E-state index < -0.39 is 28.3 Å². The number of aliphatic hydroxyl groups is 1. The van der Waals surface area contributed by atoms with Gasteiger partial charge in [-0.25, -0.2) is 15.0 Å². The second-order valence-corrected chi connectivity index (χ2v) is 16.1. The molecule has 0 amide bonds. The molecule has 10 heteroatoms. The molecule has 2 aromatic heterocycles. The van der Waals surface area contributed by atoms with Gasteiger partial charge in [-0.2, -0.15) is 4.98 Å². The summed E-state index contributed by atoms with van der Waals surface area (Å²) in [6.07, 6.45) is 4.98. The number of imidazole rings is 1. The van der Waals surface area contributed by atoms with Crippen LogP contribution in [0.15, 0.2) is 60.7 Å². The van der Waals surface area contributed by atoms with Gasteiger partial charge in [0.1, 0.15) is 25.0 Å². The first-order valence-corrected chi connectivity index (χ1v) is 16.7. The number of pyridine rings is 1. The minimum absolute atomic E-state index is 0.230. The number of hydrogen-bond acceptors (Lipinski definition) is 7. The maximum atomic E-state index is 10.1. The van der Waals surface area contributed by atoms with Gasteiger partial charge in [0.2, 0.25) is 0 Å². The predicted molar refractivity (Wildman–Crippen MR) is 159 cm³/mol. The van der Waals surface area contributed by atoms with E-state index >= 15 is 0 Å². The highest BCUT2D eigenvalue weighted by molar-refractivity contribution is 8.32. The van der Waals surface area contributed by atoms with E-state index in [4.69, 9.17) is 40.5 Å². The fourth-order valence-electron chi connectivity index (χ4n) is 5.02. The van der Waals surface area contributed by atoms with Crippen molar-refractivity contribution in [3.8, 4) is 28.4 Å². The molecule has 2 aliphatic heterocycles. The van der Waals surface area contributed by atoms with E-state index in [9.17, 15) is 5.11 Å². The van der Waals surface area contributed by atoms with Gasteiger partial charge in [-0.1, -0.05) is 66.2 Å². The van der Waals surface area contributed by atoms with E-state index in [1.807, 2.05) is 41.0 Å². The Morgan fingerprint density at radius 2 is 1.65 bits per heavy atom. The number of aromatic nitrogens is 3. The second kappa shape index (κ2) is 11.3. The number of hydrogen-bond donors (Lipinski definition) is 1. The van der Waals surface area contributed by atoms with E-state index in [1.165, 1.54) is 0 Å². The van der Waals surface area contributed by atoms with Crippen LogP contribution in [0.2, 0.25) is 5.02 Å². The molecule has 4 heterocycles. The van der Waals surface area contributed by atoms with Crippen LogP contribution in [0.3, 0.4) is 0 Å². The van der Waals surface area contributed by atoms with Crippen LogP contribution in [0.25, 0.3) is 33.5 Å². The van der Waals surface area contributed by atoms with Crippen LogP contribution in [0.5, 0.6) is 6.01 Å². The maximum Gasteiger partial charge on any atom is 0.301 e. The highest BCUT2D eigenvalue weighted by Crippen LogP contribution is 2.36. The fourth-order valence-corrected chi connectivity index (χ4v) is 5.89. The Morgan fingerprint density at radius 3 is 2.40 bits per heavy atom. The van der Waals surface area contributed by atoms with Crippen molar-refractivity contribution in [2.45, 2.75) is 31.1 Å². The monoisotopic (exact) mass is 583 g/mol. The Bertz CT molecular complexity index is 1470. The number of fused-ring (bicyclic) bond motifs is 2. The molecule has 1 N–H and O–H groups in total. The standard InChI is InChI=1S/C30H34ClN3O5S/c1-40(2,3)14-13-36-18-34-23-15-22(31)26(21-11-9-20(10-12-21)19-7-5-4-6-8-19)32-29(23)33-30(34)39-25-17-38-27-24(35)16-37-28(25)27/h4-12,15,24-25,27-28,35H,13-14,16-18H2,1-3H3/t24-,25-,27-,28-/m1/s1. The minimum atomic E-state index is -0.687. The highest BCUT2D eigenvalue weighted by atomic mass is 35.5. The minimum Gasteiger partial charge on any atom is -0.456 e. The maximum absolute atomic E-state index is 10.1. The van der Waals surface area contributed by atoms with Crippen molar-refractivity contribution < 1.29 is 24.1 Å².